The quantitative estimate of drug-likeness (QED) is 0.282. The van der Waals surface area contributed by atoms with Gasteiger partial charge in [-0.1, -0.05) is 56.3 Å². The van der Waals surface area contributed by atoms with Crippen LogP contribution >= 0.6 is 0 Å². The van der Waals surface area contributed by atoms with E-state index in [-0.39, 0.29) is 11.9 Å². The lowest BCUT2D eigenvalue weighted by Gasteiger charge is -2.40. The van der Waals surface area contributed by atoms with Crippen molar-refractivity contribution in [3.8, 4) is 0 Å². The molecule has 204 valence electrons. The van der Waals surface area contributed by atoms with Crippen LogP contribution < -0.4 is 0 Å². The third-order valence-electron chi connectivity index (χ3n) is 7.37. The minimum atomic E-state index is 0.0632. The van der Waals surface area contributed by atoms with Crippen LogP contribution in [-0.2, 0) is 6.54 Å². The van der Waals surface area contributed by atoms with E-state index in [4.69, 9.17) is 4.98 Å². The van der Waals surface area contributed by atoms with Gasteiger partial charge in [-0.3, -0.25) is 24.6 Å². The van der Waals surface area contributed by atoms with E-state index >= 15 is 0 Å². The Balaban J connectivity index is 0.00000172. The number of hydrogen-bond acceptors (Lipinski definition) is 5. The molecule has 0 radical (unpaired) electrons. The summed E-state index contributed by atoms with van der Waals surface area (Å²) in [5, 5.41) is 1.15. The predicted octanol–water partition coefficient (Wildman–Crippen LogP) is 6.05. The van der Waals surface area contributed by atoms with Gasteiger partial charge in [-0.05, 0) is 49.7 Å². The maximum absolute atomic E-state index is 12.9. The number of nitrogens with zero attached hydrogens (tertiary/aromatic N) is 5. The van der Waals surface area contributed by atoms with Crippen molar-refractivity contribution in [1.29, 1.82) is 0 Å². The highest BCUT2D eigenvalue weighted by Crippen LogP contribution is 2.34. The van der Waals surface area contributed by atoms with Gasteiger partial charge in [0.05, 0.1) is 17.3 Å². The summed E-state index contributed by atoms with van der Waals surface area (Å²) in [6.45, 7) is 14.2. The van der Waals surface area contributed by atoms with E-state index in [1.54, 1.807) is 0 Å². The Morgan fingerprint density at radius 3 is 2.18 bits per heavy atom. The zero-order valence-corrected chi connectivity index (χ0v) is 23.8. The number of benzene rings is 2. The predicted molar refractivity (Wildman–Crippen MR) is 160 cm³/mol. The number of aromatic nitrogens is 2. The maximum atomic E-state index is 12.9. The second-order valence-corrected chi connectivity index (χ2v) is 9.56. The third kappa shape index (κ3) is 6.70. The summed E-state index contributed by atoms with van der Waals surface area (Å²) >= 11 is 0. The van der Waals surface area contributed by atoms with Crippen molar-refractivity contribution in [2.45, 2.75) is 40.3 Å². The van der Waals surface area contributed by atoms with Gasteiger partial charge in [0, 0.05) is 74.7 Å². The molecule has 2 aromatic carbocycles. The van der Waals surface area contributed by atoms with Crippen LogP contribution in [0.25, 0.3) is 10.9 Å². The van der Waals surface area contributed by atoms with Crippen molar-refractivity contribution in [1.82, 2.24) is 24.7 Å². The molecule has 5 rings (SSSR count). The molecule has 0 bridgehead atoms. The lowest BCUT2D eigenvalue weighted by Crippen LogP contribution is -2.47. The fraction of sp³-hybridized carbons (Fsp3) is 0.364. The summed E-state index contributed by atoms with van der Waals surface area (Å²) in [5.41, 5.74) is 5.28. The molecule has 6 nitrogen and oxygen atoms in total. The van der Waals surface area contributed by atoms with Gasteiger partial charge in [-0.2, -0.15) is 0 Å². The fourth-order valence-corrected chi connectivity index (χ4v) is 5.34. The third-order valence-corrected chi connectivity index (χ3v) is 7.37. The number of amides is 1. The summed E-state index contributed by atoms with van der Waals surface area (Å²) in [5.74, 6) is 0.0862. The number of rotatable bonds is 8. The van der Waals surface area contributed by atoms with E-state index in [2.05, 4.69) is 63.3 Å². The first-order chi connectivity index (χ1) is 19.2. The van der Waals surface area contributed by atoms with E-state index in [1.165, 1.54) is 11.1 Å². The topological polar surface area (TPSA) is 52.6 Å². The monoisotopic (exact) mass is 523 g/mol. The molecule has 1 atom stereocenters. The Kier molecular flexibility index (Phi) is 10.2. The van der Waals surface area contributed by atoms with Gasteiger partial charge in [-0.15, -0.1) is 0 Å². The minimum Gasteiger partial charge on any atom is -0.339 e. The van der Waals surface area contributed by atoms with Crippen molar-refractivity contribution < 1.29 is 4.79 Å². The molecule has 1 saturated heterocycles. The molecule has 6 heteroatoms. The molecule has 1 fully saturated rings. The van der Waals surface area contributed by atoms with E-state index in [0.717, 1.165) is 54.9 Å². The summed E-state index contributed by atoms with van der Waals surface area (Å²) < 4.78 is 0. The molecule has 1 unspecified atom stereocenters. The van der Waals surface area contributed by atoms with Crippen LogP contribution in [0.15, 0.2) is 85.2 Å². The van der Waals surface area contributed by atoms with Crippen LogP contribution in [0.1, 0.15) is 60.9 Å². The number of piperazine rings is 1. The van der Waals surface area contributed by atoms with Crippen LogP contribution in [0.3, 0.4) is 0 Å². The Bertz CT molecular complexity index is 1310. The molecule has 1 amide bonds. The first-order valence-corrected chi connectivity index (χ1v) is 14.3. The molecule has 0 spiro atoms. The average Bonchev–Trinajstić information content (AvgIpc) is 3.01. The lowest BCUT2D eigenvalue weighted by molar-refractivity contribution is 0.0773. The van der Waals surface area contributed by atoms with Crippen molar-refractivity contribution in [3.05, 3.63) is 108 Å². The van der Waals surface area contributed by atoms with Crippen LogP contribution in [0.2, 0.25) is 0 Å². The molecule has 3 heterocycles. The zero-order valence-electron chi connectivity index (χ0n) is 23.8. The largest absolute Gasteiger partial charge is 0.339 e. The molecule has 0 N–H and O–H groups in total. The second-order valence-electron chi connectivity index (χ2n) is 9.56. The van der Waals surface area contributed by atoms with Crippen molar-refractivity contribution in [3.63, 3.8) is 0 Å². The zero-order chi connectivity index (χ0) is 27.6. The van der Waals surface area contributed by atoms with Gasteiger partial charge in [0.1, 0.15) is 0 Å². The molecule has 1 aliphatic heterocycles. The van der Waals surface area contributed by atoms with Gasteiger partial charge in [0.15, 0.2) is 0 Å². The van der Waals surface area contributed by atoms with Gasteiger partial charge >= 0.3 is 0 Å². The highest BCUT2D eigenvalue weighted by Gasteiger charge is 2.28. The lowest BCUT2D eigenvalue weighted by atomic mass is 9.93. The highest BCUT2D eigenvalue weighted by atomic mass is 16.2. The number of carbonyl (C=O) groups excluding carboxylic acids is 1. The van der Waals surface area contributed by atoms with Crippen molar-refractivity contribution in [2.24, 2.45) is 0 Å². The smallest absolute Gasteiger partial charge is 0.253 e. The normalized spacial score (nSPS) is 14.9. The summed E-state index contributed by atoms with van der Waals surface area (Å²) in [7, 11) is 0. The Morgan fingerprint density at radius 2 is 1.51 bits per heavy atom. The number of carbonyl (C=O) groups is 1. The molecule has 0 aliphatic carbocycles. The van der Waals surface area contributed by atoms with Crippen LogP contribution in [0, 0.1) is 0 Å². The SMILES string of the molecule is CC.CCN(CC)C(=O)c1ccc(C(c2cccc3cccnc23)N2CCN(Cc3ccccn3)CC2)cc1. The number of pyridine rings is 2. The number of para-hydroxylation sites is 1. The van der Waals surface area contributed by atoms with Crippen molar-refractivity contribution in [2.75, 3.05) is 39.3 Å². The number of fused-ring (bicyclic) bond motifs is 1. The van der Waals surface area contributed by atoms with Crippen LogP contribution in [0.5, 0.6) is 0 Å². The molecule has 0 saturated carbocycles. The number of hydrogen-bond donors (Lipinski definition) is 0. The Labute approximate surface area is 233 Å². The molecule has 1 aliphatic rings. The van der Waals surface area contributed by atoms with E-state index in [9.17, 15) is 4.79 Å². The minimum absolute atomic E-state index is 0.0632. The average molecular weight is 524 g/mol. The fourth-order valence-electron chi connectivity index (χ4n) is 5.34. The standard InChI is InChI=1S/C31H35N5O.C2H6/c1-3-35(4-2)31(37)26-15-13-25(14-16-26)30(28-12-7-9-24-10-8-18-33-29(24)28)36-21-19-34(20-22-36)23-27-11-5-6-17-32-27;1-2/h5-18,30H,3-4,19-23H2,1-2H3;1-2H3. The van der Waals surface area contributed by atoms with Gasteiger partial charge in [-0.25, -0.2) is 0 Å². The summed E-state index contributed by atoms with van der Waals surface area (Å²) in [4.78, 5) is 29.1. The first-order valence-electron chi connectivity index (χ1n) is 14.3. The van der Waals surface area contributed by atoms with Crippen LogP contribution in [-0.4, -0.2) is 69.8 Å². The van der Waals surface area contributed by atoms with Gasteiger partial charge in [0.25, 0.3) is 5.91 Å². The van der Waals surface area contributed by atoms with Crippen LogP contribution in [0.4, 0.5) is 0 Å². The first kappa shape index (κ1) is 28.4. The van der Waals surface area contributed by atoms with E-state index in [1.807, 2.05) is 69.3 Å². The molecule has 2 aromatic heterocycles. The molecule has 39 heavy (non-hydrogen) atoms. The highest BCUT2D eigenvalue weighted by molar-refractivity contribution is 5.94. The maximum Gasteiger partial charge on any atom is 0.253 e. The Hall–Kier alpha value is -3.61. The van der Waals surface area contributed by atoms with Gasteiger partial charge < -0.3 is 4.90 Å². The van der Waals surface area contributed by atoms with E-state index < -0.39 is 0 Å². The molecular weight excluding hydrogens is 482 g/mol. The summed E-state index contributed by atoms with van der Waals surface area (Å²) in [6, 6.07) is 25.0. The summed E-state index contributed by atoms with van der Waals surface area (Å²) in [6.07, 6.45) is 3.74. The van der Waals surface area contributed by atoms with Crippen molar-refractivity contribution >= 4 is 16.8 Å². The van der Waals surface area contributed by atoms with Gasteiger partial charge in [0.2, 0.25) is 0 Å². The second kappa shape index (κ2) is 14.0. The van der Waals surface area contributed by atoms with E-state index in [0.29, 0.717) is 13.1 Å². The molecular formula is C33H41N5O. The Morgan fingerprint density at radius 1 is 0.821 bits per heavy atom. The molecule has 4 aromatic rings.